The molecular weight excluding hydrogens is 400 g/mol. The van der Waals surface area contributed by atoms with Crippen molar-refractivity contribution in [3.05, 3.63) is 23.0 Å². The maximum atomic E-state index is 12.3. The second-order valence-corrected chi connectivity index (χ2v) is 7.69. The van der Waals surface area contributed by atoms with Crippen LogP contribution in [0.5, 0.6) is 0 Å². The van der Waals surface area contributed by atoms with E-state index in [2.05, 4.69) is 15.4 Å². The predicted molar refractivity (Wildman–Crippen MR) is 113 cm³/mol. The van der Waals surface area contributed by atoms with Crippen LogP contribution < -0.4 is 5.32 Å². The van der Waals surface area contributed by atoms with Gasteiger partial charge >= 0.3 is 12.1 Å². The van der Waals surface area contributed by atoms with Crippen LogP contribution in [0.1, 0.15) is 48.3 Å². The molecule has 10 nitrogen and oxygen atoms in total. The Labute approximate surface area is 180 Å². The van der Waals surface area contributed by atoms with Crippen molar-refractivity contribution in [3.63, 3.8) is 0 Å². The van der Waals surface area contributed by atoms with E-state index in [0.717, 1.165) is 41.8 Å². The number of piperidine rings is 1. The van der Waals surface area contributed by atoms with Crippen molar-refractivity contribution in [2.24, 2.45) is 7.05 Å². The number of hydrogen-bond acceptors (Lipinski definition) is 8. The fourth-order valence-electron chi connectivity index (χ4n) is 4.19. The van der Waals surface area contributed by atoms with Crippen LogP contribution in [0.2, 0.25) is 0 Å². The molecule has 0 bridgehead atoms. The number of fused-ring (bicyclic) bond motifs is 3. The molecule has 1 aliphatic heterocycles. The van der Waals surface area contributed by atoms with E-state index in [1.807, 2.05) is 20.2 Å². The standard InChI is InChI=1S/C21H28N6O4/c1-4-30-19(28)17-15-7-6-13-12-22-20(24-16(13)18(15)26(3)25-17)23-14-8-10-27(11-9-14)21(29)31-5-2/h12,14H,4-11H2,1-3H3,(H,22,23,24). The Kier molecular flexibility index (Phi) is 6.06. The number of nitrogens with one attached hydrogen (secondary N) is 1. The molecule has 1 fully saturated rings. The molecule has 1 amide bonds. The van der Waals surface area contributed by atoms with Gasteiger partial charge in [0.2, 0.25) is 5.95 Å². The summed E-state index contributed by atoms with van der Waals surface area (Å²) >= 11 is 0. The van der Waals surface area contributed by atoms with E-state index in [4.69, 9.17) is 14.5 Å². The summed E-state index contributed by atoms with van der Waals surface area (Å²) in [7, 11) is 1.82. The maximum Gasteiger partial charge on any atom is 0.409 e. The number of likely N-dealkylation sites (tertiary alicyclic amines) is 1. The number of carbonyl (C=O) groups is 2. The minimum Gasteiger partial charge on any atom is -0.461 e. The molecule has 0 atom stereocenters. The highest BCUT2D eigenvalue weighted by Gasteiger charge is 2.30. The molecule has 3 heterocycles. The molecule has 2 aromatic heterocycles. The Morgan fingerprint density at radius 1 is 1.16 bits per heavy atom. The van der Waals surface area contributed by atoms with Gasteiger partial charge in [0.1, 0.15) is 0 Å². The van der Waals surface area contributed by atoms with Gasteiger partial charge in [0.15, 0.2) is 5.69 Å². The molecule has 0 radical (unpaired) electrons. The minimum atomic E-state index is -0.399. The van der Waals surface area contributed by atoms with Crippen LogP contribution in [0.15, 0.2) is 6.20 Å². The lowest BCUT2D eigenvalue weighted by molar-refractivity contribution is 0.0517. The Morgan fingerprint density at radius 2 is 1.90 bits per heavy atom. The number of anilines is 1. The van der Waals surface area contributed by atoms with E-state index >= 15 is 0 Å². The van der Waals surface area contributed by atoms with E-state index in [0.29, 0.717) is 44.4 Å². The van der Waals surface area contributed by atoms with Crippen molar-refractivity contribution in [2.75, 3.05) is 31.6 Å². The van der Waals surface area contributed by atoms with E-state index in [1.165, 1.54) is 0 Å². The molecule has 2 aromatic rings. The van der Waals surface area contributed by atoms with E-state index < -0.39 is 5.97 Å². The first-order valence-electron chi connectivity index (χ1n) is 10.8. The lowest BCUT2D eigenvalue weighted by Crippen LogP contribution is -2.42. The van der Waals surface area contributed by atoms with Crippen molar-refractivity contribution in [2.45, 2.75) is 45.6 Å². The van der Waals surface area contributed by atoms with Gasteiger partial charge in [0.05, 0.1) is 24.6 Å². The van der Waals surface area contributed by atoms with Crippen LogP contribution in [0.3, 0.4) is 0 Å². The van der Waals surface area contributed by atoms with Crippen LogP contribution in [-0.4, -0.2) is 69.1 Å². The molecule has 1 aliphatic carbocycles. The molecule has 0 unspecified atom stereocenters. The SMILES string of the molecule is CCOC(=O)c1nn(C)c2c1CCc1cnc(NC3CCN(C(=O)OCC)CC3)nc1-2. The number of hydrogen-bond donors (Lipinski definition) is 1. The van der Waals surface area contributed by atoms with Gasteiger partial charge in [-0.2, -0.15) is 5.10 Å². The topological polar surface area (TPSA) is 111 Å². The molecule has 1 saturated heterocycles. The molecule has 10 heteroatoms. The number of amides is 1. The number of aryl methyl sites for hydroxylation is 2. The molecule has 0 saturated carbocycles. The predicted octanol–water partition coefficient (Wildman–Crippen LogP) is 2.19. The normalized spacial score (nSPS) is 15.8. The highest BCUT2D eigenvalue weighted by Crippen LogP contribution is 2.34. The first kappa shape index (κ1) is 21.1. The lowest BCUT2D eigenvalue weighted by atomic mass is 9.93. The van der Waals surface area contributed by atoms with Crippen molar-refractivity contribution >= 4 is 18.0 Å². The summed E-state index contributed by atoms with van der Waals surface area (Å²) in [6.45, 7) is 5.56. The minimum absolute atomic E-state index is 0.174. The zero-order valence-corrected chi connectivity index (χ0v) is 18.2. The zero-order valence-electron chi connectivity index (χ0n) is 18.2. The average molecular weight is 428 g/mol. The summed E-state index contributed by atoms with van der Waals surface area (Å²) in [6.07, 6.45) is 4.63. The Bertz CT molecular complexity index is 980. The second-order valence-electron chi connectivity index (χ2n) is 7.69. The van der Waals surface area contributed by atoms with Gasteiger partial charge in [0.25, 0.3) is 0 Å². The highest BCUT2D eigenvalue weighted by atomic mass is 16.6. The third-order valence-electron chi connectivity index (χ3n) is 5.70. The summed E-state index contributed by atoms with van der Waals surface area (Å²) in [6, 6.07) is 0.174. The highest BCUT2D eigenvalue weighted by molar-refractivity contribution is 5.91. The number of rotatable bonds is 5. The molecule has 31 heavy (non-hydrogen) atoms. The summed E-state index contributed by atoms with van der Waals surface area (Å²) < 4.78 is 11.9. The number of ether oxygens (including phenoxy) is 2. The lowest BCUT2D eigenvalue weighted by Gasteiger charge is -2.31. The van der Waals surface area contributed by atoms with Crippen LogP contribution in [-0.2, 0) is 29.4 Å². The molecule has 4 rings (SSSR count). The van der Waals surface area contributed by atoms with Crippen molar-refractivity contribution < 1.29 is 19.1 Å². The Balaban J connectivity index is 1.51. The quantitative estimate of drug-likeness (QED) is 0.722. The third-order valence-corrected chi connectivity index (χ3v) is 5.70. The fourth-order valence-corrected chi connectivity index (χ4v) is 4.19. The zero-order chi connectivity index (χ0) is 22.0. The summed E-state index contributed by atoms with van der Waals surface area (Å²) in [5, 5.41) is 7.81. The van der Waals surface area contributed by atoms with Crippen LogP contribution >= 0.6 is 0 Å². The molecule has 0 spiro atoms. The number of aromatic nitrogens is 4. The van der Waals surface area contributed by atoms with Gasteiger partial charge in [0, 0.05) is 37.9 Å². The maximum absolute atomic E-state index is 12.3. The van der Waals surface area contributed by atoms with Crippen LogP contribution in [0, 0.1) is 0 Å². The van der Waals surface area contributed by atoms with E-state index in [9.17, 15) is 9.59 Å². The average Bonchev–Trinajstić information content (AvgIpc) is 3.12. The molecule has 166 valence electrons. The van der Waals surface area contributed by atoms with Crippen molar-refractivity contribution in [1.82, 2.24) is 24.6 Å². The number of carbonyl (C=O) groups excluding carboxylic acids is 2. The number of nitrogens with zero attached hydrogens (tertiary/aromatic N) is 5. The molecule has 2 aliphatic rings. The van der Waals surface area contributed by atoms with Gasteiger partial charge in [-0.05, 0) is 45.1 Å². The van der Waals surface area contributed by atoms with Crippen molar-refractivity contribution in [3.8, 4) is 11.4 Å². The second kappa shape index (κ2) is 8.91. The van der Waals surface area contributed by atoms with E-state index in [1.54, 1.807) is 16.5 Å². The van der Waals surface area contributed by atoms with Crippen LogP contribution in [0.25, 0.3) is 11.4 Å². The van der Waals surface area contributed by atoms with E-state index in [-0.39, 0.29) is 12.1 Å². The molecule has 0 aromatic carbocycles. The smallest absolute Gasteiger partial charge is 0.409 e. The largest absolute Gasteiger partial charge is 0.461 e. The molecular formula is C21H28N6O4. The summed E-state index contributed by atoms with van der Waals surface area (Å²) in [5.74, 6) is 0.142. The first-order valence-corrected chi connectivity index (χ1v) is 10.8. The monoisotopic (exact) mass is 428 g/mol. The van der Waals surface area contributed by atoms with Gasteiger partial charge in [-0.25, -0.2) is 19.6 Å². The van der Waals surface area contributed by atoms with Gasteiger partial charge in [-0.3, -0.25) is 4.68 Å². The van der Waals surface area contributed by atoms with Gasteiger partial charge < -0.3 is 19.7 Å². The summed E-state index contributed by atoms with van der Waals surface area (Å²) in [5.41, 5.74) is 3.92. The molecule has 1 N–H and O–H groups in total. The van der Waals surface area contributed by atoms with Crippen molar-refractivity contribution in [1.29, 1.82) is 0 Å². The summed E-state index contributed by atoms with van der Waals surface area (Å²) in [4.78, 5) is 35.2. The Hall–Kier alpha value is -3.17. The van der Waals surface area contributed by atoms with Gasteiger partial charge in [-0.1, -0.05) is 0 Å². The first-order chi connectivity index (χ1) is 15.0. The Morgan fingerprint density at radius 3 is 2.61 bits per heavy atom. The number of esters is 1. The van der Waals surface area contributed by atoms with Gasteiger partial charge in [-0.15, -0.1) is 0 Å². The fraction of sp³-hybridized carbons (Fsp3) is 0.571. The third kappa shape index (κ3) is 4.19. The van der Waals surface area contributed by atoms with Crippen LogP contribution in [0.4, 0.5) is 10.7 Å².